The average Bonchev–Trinajstić information content (AvgIpc) is 1.85. The fourth-order valence-electron chi connectivity index (χ4n) is 0.821. The Labute approximate surface area is 66.5 Å². The predicted octanol–water partition coefficient (Wildman–Crippen LogP) is -1.08. The molecule has 0 aromatic rings. The van der Waals surface area contributed by atoms with Crippen molar-refractivity contribution in [3.63, 3.8) is 0 Å². The third kappa shape index (κ3) is 5.63. The van der Waals surface area contributed by atoms with E-state index in [1.165, 1.54) is 0 Å². The van der Waals surface area contributed by atoms with Crippen molar-refractivity contribution in [1.82, 2.24) is 5.43 Å². The second-order valence-corrected chi connectivity index (χ2v) is 2.59. The van der Waals surface area contributed by atoms with E-state index < -0.39 is 0 Å². The lowest BCUT2D eigenvalue weighted by Gasteiger charge is -2.09. The Bertz CT molecular complexity index is 135. The van der Waals surface area contributed by atoms with Gasteiger partial charge in [0.05, 0.1) is 12.1 Å². The highest BCUT2D eigenvalue weighted by Gasteiger charge is 2.03. The number of nitrogens with zero attached hydrogens (tertiary/aromatic N) is 1. The molecule has 0 saturated heterocycles. The van der Waals surface area contributed by atoms with Crippen molar-refractivity contribution in [1.29, 1.82) is 0 Å². The predicted molar refractivity (Wildman–Crippen MR) is 44.7 cm³/mol. The van der Waals surface area contributed by atoms with Crippen molar-refractivity contribution in [3.05, 3.63) is 0 Å². The summed E-state index contributed by atoms with van der Waals surface area (Å²) < 4.78 is 0. The Morgan fingerprint density at radius 1 is 1.64 bits per heavy atom. The molecule has 0 aliphatic carbocycles. The highest BCUT2D eigenvalue weighted by atomic mass is 16.3. The molecule has 5 nitrogen and oxygen atoms in total. The van der Waals surface area contributed by atoms with E-state index in [1.807, 2.05) is 6.92 Å². The minimum atomic E-state index is -0.362. The van der Waals surface area contributed by atoms with Crippen LogP contribution in [0.2, 0.25) is 0 Å². The van der Waals surface area contributed by atoms with Crippen LogP contribution >= 0.6 is 0 Å². The van der Waals surface area contributed by atoms with Crippen LogP contribution in [0.4, 0.5) is 0 Å². The molecule has 0 heterocycles. The molecular formula is C6H16N4O. The van der Waals surface area contributed by atoms with Gasteiger partial charge in [-0.15, -0.1) is 0 Å². The lowest BCUT2D eigenvalue weighted by molar-refractivity contribution is 0.177. The molecule has 2 unspecified atom stereocenters. The maximum atomic E-state index is 8.95. The topological polar surface area (TPSA) is 96.7 Å². The molecule has 0 rings (SSSR count). The highest BCUT2D eigenvalue weighted by molar-refractivity contribution is 5.77. The van der Waals surface area contributed by atoms with E-state index in [4.69, 9.17) is 16.7 Å². The van der Waals surface area contributed by atoms with Crippen molar-refractivity contribution in [2.45, 2.75) is 32.4 Å². The Kier molecular flexibility index (Phi) is 4.56. The van der Waals surface area contributed by atoms with E-state index in [1.54, 1.807) is 6.92 Å². The van der Waals surface area contributed by atoms with E-state index >= 15 is 0 Å². The molecular weight excluding hydrogens is 144 g/mol. The van der Waals surface area contributed by atoms with Crippen LogP contribution in [0.5, 0.6) is 0 Å². The molecule has 0 aromatic carbocycles. The highest BCUT2D eigenvalue weighted by Crippen LogP contribution is 2.00. The summed E-state index contributed by atoms with van der Waals surface area (Å²) in [4.78, 5) is 3.93. The van der Waals surface area contributed by atoms with Crippen molar-refractivity contribution < 1.29 is 5.11 Å². The van der Waals surface area contributed by atoms with E-state index in [0.29, 0.717) is 6.42 Å². The van der Waals surface area contributed by atoms with Crippen molar-refractivity contribution in [2.75, 3.05) is 0 Å². The van der Waals surface area contributed by atoms with Gasteiger partial charge < -0.3 is 10.8 Å². The number of hydrogen-bond acceptors (Lipinski definition) is 3. The second-order valence-electron chi connectivity index (χ2n) is 2.59. The second kappa shape index (κ2) is 4.92. The van der Waals surface area contributed by atoms with Crippen LogP contribution in [0.3, 0.4) is 0 Å². The smallest absolute Gasteiger partial charge is 0.203 e. The Morgan fingerprint density at radius 3 is 2.55 bits per heavy atom. The Balaban J connectivity index is 3.75. The lowest BCUT2D eigenvalue weighted by Crippen LogP contribution is -2.38. The first-order chi connectivity index (χ1) is 5.06. The summed E-state index contributed by atoms with van der Waals surface area (Å²) >= 11 is 0. The van der Waals surface area contributed by atoms with Gasteiger partial charge in [-0.25, -0.2) is 10.8 Å². The molecule has 0 bridgehead atoms. The van der Waals surface area contributed by atoms with Crippen molar-refractivity contribution >= 4 is 5.96 Å². The summed E-state index contributed by atoms with van der Waals surface area (Å²) in [7, 11) is 0. The number of rotatable bonds is 3. The monoisotopic (exact) mass is 160 g/mol. The summed E-state index contributed by atoms with van der Waals surface area (Å²) in [5.74, 6) is 5.18. The third-order valence-corrected chi connectivity index (χ3v) is 1.19. The molecule has 0 aromatic heterocycles. The van der Waals surface area contributed by atoms with Gasteiger partial charge in [-0.3, -0.25) is 5.43 Å². The van der Waals surface area contributed by atoms with Crippen molar-refractivity contribution in [2.24, 2.45) is 16.6 Å². The molecule has 0 spiro atoms. The van der Waals surface area contributed by atoms with Gasteiger partial charge in [-0.2, -0.15) is 0 Å². The zero-order valence-corrected chi connectivity index (χ0v) is 6.91. The maximum absolute atomic E-state index is 8.95. The van der Waals surface area contributed by atoms with Crippen LogP contribution in [0, 0.1) is 0 Å². The average molecular weight is 160 g/mol. The fraction of sp³-hybridized carbons (Fsp3) is 0.833. The van der Waals surface area contributed by atoms with Crippen LogP contribution in [-0.2, 0) is 0 Å². The number of guanidine groups is 1. The van der Waals surface area contributed by atoms with Gasteiger partial charge >= 0.3 is 0 Å². The first-order valence-corrected chi connectivity index (χ1v) is 3.54. The summed E-state index contributed by atoms with van der Waals surface area (Å²) in [6.07, 6.45) is 0.224. The van der Waals surface area contributed by atoms with Crippen LogP contribution < -0.4 is 17.0 Å². The molecule has 0 radical (unpaired) electrons. The summed E-state index contributed by atoms with van der Waals surface area (Å²) in [5, 5.41) is 8.95. The van der Waals surface area contributed by atoms with Gasteiger partial charge in [0.1, 0.15) is 0 Å². The normalized spacial score (nSPS) is 17.6. The zero-order valence-electron chi connectivity index (χ0n) is 6.91. The molecule has 0 fully saturated rings. The van der Waals surface area contributed by atoms with Crippen LogP contribution in [0.15, 0.2) is 4.99 Å². The largest absolute Gasteiger partial charge is 0.393 e. The van der Waals surface area contributed by atoms with Gasteiger partial charge in [0.25, 0.3) is 0 Å². The fourth-order valence-corrected chi connectivity index (χ4v) is 0.821. The van der Waals surface area contributed by atoms with E-state index in [9.17, 15) is 0 Å². The number of hydrazine groups is 1. The number of aliphatic imine (C=N–C) groups is 1. The summed E-state index contributed by atoms with van der Waals surface area (Å²) in [6, 6.07) is -0.00829. The van der Waals surface area contributed by atoms with Crippen molar-refractivity contribution in [3.8, 4) is 0 Å². The number of hydrogen-bond donors (Lipinski definition) is 4. The minimum absolute atomic E-state index is 0.00829. The first kappa shape index (κ1) is 10.2. The van der Waals surface area contributed by atoms with E-state index in [0.717, 1.165) is 0 Å². The van der Waals surface area contributed by atoms with Gasteiger partial charge in [0, 0.05) is 0 Å². The molecule has 0 aliphatic rings. The first-order valence-electron chi connectivity index (χ1n) is 3.54. The molecule has 66 valence electrons. The zero-order chi connectivity index (χ0) is 8.85. The van der Waals surface area contributed by atoms with Gasteiger partial charge in [-0.1, -0.05) is 0 Å². The number of nitrogens with two attached hydrogens (primary N) is 2. The van der Waals surface area contributed by atoms with Gasteiger partial charge in [0.15, 0.2) is 0 Å². The third-order valence-electron chi connectivity index (χ3n) is 1.19. The van der Waals surface area contributed by atoms with Gasteiger partial charge in [-0.05, 0) is 20.3 Å². The standard InChI is InChI=1S/C6H16N4O/c1-4(3-5(2)11)9-6(7)10-8/h4-5,11H,3,8H2,1-2H3,(H3,7,9,10). The SMILES string of the molecule is CC(O)CC(C)N=C(N)NN. The molecule has 0 saturated carbocycles. The lowest BCUT2D eigenvalue weighted by atomic mass is 10.2. The quantitative estimate of drug-likeness (QED) is 0.183. The minimum Gasteiger partial charge on any atom is -0.393 e. The Hall–Kier alpha value is -0.810. The maximum Gasteiger partial charge on any atom is 0.203 e. The molecule has 6 N–H and O–H groups in total. The molecule has 11 heavy (non-hydrogen) atoms. The molecule has 0 aliphatic heterocycles. The molecule has 0 amide bonds. The van der Waals surface area contributed by atoms with Gasteiger partial charge in [0.2, 0.25) is 5.96 Å². The molecule has 5 heteroatoms. The van der Waals surface area contributed by atoms with Crippen LogP contribution in [0.1, 0.15) is 20.3 Å². The molecule has 2 atom stereocenters. The van der Waals surface area contributed by atoms with Crippen LogP contribution in [-0.4, -0.2) is 23.2 Å². The summed E-state index contributed by atoms with van der Waals surface area (Å²) in [5.41, 5.74) is 7.50. The van der Waals surface area contributed by atoms with E-state index in [-0.39, 0.29) is 18.1 Å². The number of aliphatic hydroxyl groups is 1. The van der Waals surface area contributed by atoms with E-state index in [2.05, 4.69) is 10.4 Å². The number of nitrogens with one attached hydrogen (secondary N) is 1. The summed E-state index contributed by atoms with van der Waals surface area (Å²) in [6.45, 7) is 3.56. The Morgan fingerprint density at radius 2 is 2.18 bits per heavy atom. The van der Waals surface area contributed by atoms with Crippen LogP contribution in [0.25, 0.3) is 0 Å². The number of aliphatic hydroxyl groups excluding tert-OH is 1.